The van der Waals surface area contributed by atoms with Crippen LogP contribution in [0.5, 0.6) is 0 Å². The molecule has 2 aliphatic carbocycles. The summed E-state index contributed by atoms with van der Waals surface area (Å²) in [6, 6.07) is 0.167. The van der Waals surface area contributed by atoms with Gasteiger partial charge in [0.1, 0.15) is 0 Å². The number of hydrogen-bond acceptors (Lipinski definition) is 3. The zero-order valence-electron chi connectivity index (χ0n) is 12.6. The van der Waals surface area contributed by atoms with Crippen molar-refractivity contribution in [2.75, 3.05) is 20.3 Å². The van der Waals surface area contributed by atoms with Gasteiger partial charge in [-0.15, -0.1) is 0 Å². The second-order valence-corrected chi connectivity index (χ2v) is 7.60. The lowest BCUT2D eigenvalue weighted by molar-refractivity contribution is -0.297. The molecule has 3 aliphatic rings. The summed E-state index contributed by atoms with van der Waals surface area (Å²) in [6.07, 6.45) is 2.93. The first-order valence-electron chi connectivity index (χ1n) is 7.54. The van der Waals surface area contributed by atoms with Crippen molar-refractivity contribution in [2.24, 2.45) is 17.3 Å². The standard InChI is InChI=1S/C15H25NO4/c1-14(2)8-19-15(20-9-14)6-10-4-12(5-11(10)7-15)16(3)13(17)18/h10-12H,4-9H2,1-3H3,(H,17,18)/t10-,11+,12?. The topological polar surface area (TPSA) is 59.0 Å². The first-order chi connectivity index (χ1) is 9.30. The maximum absolute atomic E-state index is 11.0. The Balaban J connectivity index is 1.60. The molecule has 1 aliphatic heterocycles. The fraction of sp³-hybridized carbons (Fsp3) is 0.933. The van der Waals surface area contributed by atoms with Gasteiger partial charge in [-0.2, -0.15) is 0 Å². The molecule has 1 unspecified atom stereocenters. The molecular formula is C15H25NO4. The number of hydrogen-bond donors (Lipinski definition) is 1. The van der Waals surface area contributed by atoms with Gasteiger partial charge in [0.05, 0.1) is 13.2 Å². The van der Waals surface area contributed by atoms with E-state index in [1.54, 1.807) is 7.05 Å². The third kappa shape index (κ3) is 2.42. The minimum Gasteiger partial charge on any atom is -0.465 e. The number of carboxylic acid groups (broad SMARTS) is 1. The van der Waals surface area contributed by atoms with E-state index in [2.05, 4.69) is 13.8 Å². The highest BCUT2D eigenvalue weighted by atomic mass is 16.7. The molecule has 0 aromatic rings. The van der Waals surface area contributed by atoms with Crippen LogP contribution in [0.2, 0.25) is 0 Å². The number of amides is 1. The van der Waals surface area contributed by atoms with E-state index in [1.807, 2.05) is 0 Å². The van der Waals surface area contributed by atoms with Crippen LogP contribution < -0.4 is 0 Å². The van der Waals surface area contributed by atoms with Gasteiger partial charge in [-0.25, -0.2) is 4.79 Å². The third-order valence-corrected chi connectivity index (χ3v) is 5.26. The summed E-state index contributed by atoms with van der Waals surface area (Å²) in [5, 5.41) is 9.08. The molecule has 20 heavy (non-hydrogen) atoms. The molecule has 5 heteroatoms. The summed E-state index contributed by atoms with van der Waals surface area (Å²) in [4.78, 5) is 12.5. The molecule has 3 atom stereocenters. The molecule has 1 amide bonds. The second kappa shape index (κ2) is 4.60. The highest BCUT2D eigenvalue weighted by molar-refractivity contribution is 5.65. The first kappa shape index (κ1) is 14.1. The Morgan fingerprint density at radius 2 is 1.65 bits per heavy atom. The summed E-state index contributed by atoms with van der Waals surface area (Å²) in [5.74, 6) is 0.712. The van der Waals surface area contributed by atoms with Crippen LogP contribution in [0.25, 0.3) is 0 Å². The largest absolute Gasteiger partial charge is 0.465 e. The fourth-order valence-electron chi connectivity index (χ4n) is 4.01. The number of carbonyl (C=O) groups is 1. The lowest BCUT2D eigenvalue weighted by Gasteiger charge is -2.42. The van der Waals surface area contributed by atoms with E-state index in [4.69, 9.17) is 14.6 Å². The van der Waals surface area contributed by atoms with Crippen molar-refractivity contribution in [2.45, 2.75) is 51.4 Å². The summed E-state index contributed by atoms with van der Waals surface area (Å²) >= 11 is 0. The highest BCUT2D eigenvalue weighted by Gasteiger charge is 2.54. The van der Waals surface area contributed by atoms with Gasteiger partial charge in [0, 0.05) is 31.3 Å². The molecule has 0 aromatic carbocycles. The van der Waals surface area contributed by atoms with Crippen molar-refractivity contribution in [3.8, 4) is 0 Å². The molecule has 5 nitrogen and oxygen atoms in total. The Bertz CT molecular complexity index is 383. The van der Waals surface area contributed by atoms with E-state index in [1.165, 1.54) is 4.90 Å². The van der Waals surface area contributed by atoms with E-state index < -0.39 is 6.09 Å². The molecule has 2 saturated carbocycles. The zero-order chi connectivity index (χ0) is 14.5. The molecule has 0 radical (unpaired) electrons. The predicted octanol–water partition coefficient (Wildman–Crippen LogP) is 2.55. The zero-order valence-corrected chi connectivity index (χ0v) is 12.6. The van der Waals surface area contributed by atoms with Gasteiger partial charge in [-0.05, 0) is 24.7 Å². The molecule has 1 N–H and O–H groups in total. The lowest BCUT2D eigenvalue weighted by Crippen LogP contribution is -2.46. The molecule has 3 fully saturated rings. The van der Waals surface area contributed by atoms with Crippen molar-refractivity contribution < 1.29 is 19.4 Å². The van der Waals surface area contributed by atoms with Gasteiger partial charge >= 0.3 is 6.09 Å². The monoisotopic (exact) mass is 283 g/mol. The molecule has 114 valence electrons. The summed E-state index contributed by atoms with van der Waals surface area (Å²) in [6.45, 7) is 5.83. The Kier molecular flexibility index (Phi) is 3.25. The summed E-state index contributed by atoms with van der Waals surface area (Å²) in [5.41, 5.74) is 0.106. The first-order valence-corrected chi connectivity index (χ1v) is 7.54. The smallest absolute Gasteiger partial charge is 0.407 e. The number of nitrogens with zero attached hydrogens (tertiary/aromatic N) is 1. The summed E-state index contributed by atoms with van der Waals surface area (Å²) in [7, 11) is 1.68. The van der Waals surface area contributed by atoms with Crippen LogP contribution in [0.15, 0.2) is 0 Å². The normalized spacial score (nSPS) is 37.9. The van der Waals surface area contributed by atoms with Crippen LogP contribution in [0.1, 0.15) is 39.5 Å². The Morgan fingerprint density at radius 1 is 1.15 bits per heavy atom. The van der Waals surface area contributed by atoms with E-state index in [9.17, 15) is 4.79 Å². The lowest BCUT2D eigenvalue weighted by atomic mass is 9.94. The minimum atomic E-state index is -0.823. The average molecular weight is 283 g/mol. The second-order valence-electron chi connectivity index (χ2n) is 7.60. The van der Waals surface area contributed by atoms with Crippen LogP contribution >= 0.6 is 0 Å². The van der Waals surface area contributed by atoms with Gasteiger partial charge in [0.2, 0.25) is 0 Å². The molecule has 1 saturated heterocycles. The van der Waals surface area contributed by atoms with E-state index >= 15 is 0 Å². The average Bonchev–Trinajstić information content (AvgIpc) is 2.88. The van der Waals surface area contributed by atoms with Crippen molar-refractivity contribution in [1.29, 1.82) is 0 Å². The van der Waals surface area contributed by atoms with Crippen LogP contribution in [0, 0.1) is 17.3 Å². The number of ether oxygens (including phenoxy) is 2. The highest BCUT2D eigenvalue weighted by Crippen LogP contribution is 2.53. The van der Waals surface area contributed by atoms with Crippen LogP contribution in [0.3, 0.4) is 0 Å². The molecule has 0 aromatic heterocycles. The molecule has 3 rings (SSSR count). The molecular weight excluding hydrogens is 258 g/mol. The molecule has 1 spiro atoms. The van der Waals surface area contributed by atoms with E-state index in [-0.39, 0.29) is 17.2 Å². The van der Waals surface area contributed by atoms with Crippen LogP contribution in [-0.2, 0) is 9.47 Å². The van der Waals surface area contributed by atoms with Crippen molar-refractivity contribution in [1.82, 2.24) is 4.90 Å². The van der Waals surface area contributed by atoms with Gasteiger partial charge in [-0.1, -0.05) is 13.8 Å². The minimum absolute atomic E-state index is 0.106. The summed E-state index contributed by atoms with van der Waals surface area (Å²) < 4.78 is 12.1. The number of rotatable bonds is 1. The fourth-order valence-corrected chi connectivity index (χ4v) is 4.01. The quantitative estimate of drug-likeness (QED) is 0.803. The maximum atomic E-state index is 11.0. The Labute approximate surface area is 120 Å². The Hall–Kier alpha value is -0.810. The van der Waals surface area contributed by atoms with Gasteiger partial charge in [0.15, 0.2) is 5.79 Å². The Morgan fingerprint density at radius 3 is 2.10 bits per heavy atom. The van der Waals surface area contributed by atoms with Crippen LogP contribution in [0.4, 0.5) is 4.79 Å². The van der Waals surface area contributed by atoms with E-state index in [0.717, 1.165) is 38.9 Å². The predicted molar refractivity (Wildman–Crippen MR) is 73.4 cm³/mol. The van der Waals surface area contributed by atoms with Crippen molar-refractivity contribution >= 4 is 6.09 Å². The molecule has 1 heterocycles. The van der Waals surface area contributed by atoms with Crippen molar-refractivity contribution in [3.63, 3.8) is 0 Å². The maximum Gasteiger partial charge on any atom is 0.407 e. The molecule has 0 bridgehead atoms. The third-order valence-electron chi connectivity index (χ3n) is 5.26. The number of fused-ring (bicyclic) bond motifs is 1. The van der Waals surface area contributed by atoms with Gasteiger partial charge in [-0.3, -0.25) is 0 Å². The van der Waals surface area contributed by atoms with Gasteiger partial charge < -0.3 is 19.5 Å². The van der Waals surface area contributed by atoms with E-state index in [0.29, 0.717) is 11.8 Å². The van der Waals surface area contributed by atoms with Crippen molar-refractivity contribution in [3.05, 3.63) is 0 Å². The van der Waals surface area contributed by atoms with Crippen LogP contribution in [-0.4, -0.2) is 48.2 Å². The SMILES string of the molecule is CN(C(=O)O)C1C[C@@H]2CC3(C[C@@H]2C1)OCC(C)(C)CO3. The van der Waals surface area contributed by atoms with Gasteiger partial charge in [0.25, 0.3) is 0 Å².